The van der Waals surface area contributed by atoms with Crippen LogP contribution in [0.25, 0.3) is 0 Å². The van der Waals surface area contributed by atoms with Gasteiger partial charge in [0.1, 0.15) is 0 Å². The lowest BCUT2D eigenvalue weighted by Gasteiger charge is -2.36. The number of hydrogen-bond donors (Lipinski definition) is 1. The minimum Gasteiger partial charge on any atom is -0.333 e. The molecule has 3 rings (SSSR count). The first-order valence-electron chi connectivity index (χ1n) is 8.47. The van der Waals surface area contributed by atoms with E-state index in [-0.39, 0.29) is 11.9 Å². The van der Waals surface area contributed by atoms with Gasteiger partial charge in [-0.25, -0.2) is 0 Å². The molecule has 1 saturated heterocycles. The van der Waals surface area contributed by atoms with E-state index in [4.69, 9.17) is 11.6 Å². The monoisotopic (exact) mass is 375 g/mol. The third-order valence-corrected chi connectivity index (χ3v) is 5.46. The number of hydrogen-bond acceptors (Lipinski definition) is 4. The summed E-state index contributed by atoms with van der Waals surface area (Å²) in [6, 6.07) is 13.8. The molecule has 4 nitrogen and oxygen atoms in total. The predicted octanol–water partition coefficient (Wildman–Crippen LogP) is 3.53. The van der Waals surface area contributed by atoms with Crippen LogP contribution in [0, 0.1) is 0 Å². The molecule has 1 N–H and O–H groups in total. The molecule has 0 aliphatic carbocycles. The highest BCUT2D eigenvalue weighted by Gasteiger charge is 2.27. The van der Waals surface area contributed by atoms with Crippen LogP contribution in [0.4, 0.5) is 0 Å². The molecule has 132 valence electrons. The summed E-state index contributed by atoms with van der Waals surface area (Å²) in [5, 5.41) is 4.09. The molecule has 2 aromatic rings. The minimum absolute atomic E-state index is 0.0562. The molecule has 1 aliphatic rings. The van der Waals surface area contributed by atoms with E-state index in [0.29, 0.717) is 11.4 Å². The minimum atomic E-state index is 0.0562. The fourth-order valence-electron chi connectivity index (χ4n) is 2.98. The standard InChI is InChI=1S/C19H22ClN3OS/c20-16-5-3-4-15(12-16)18-13-21-9-10-23(18)19(24)7-11-25-14-17-6-1-2-8-22-17/h1-6,8,12,18,21H,7,9-11,13-14H2. The number of benzene rings is 1. The second-order valence-electron chi connectivity index (χ2n) is 5.99. The Labute approximate surface area is 158 Å². The molecule has 1 atom stereocenters. The van der Waals surface area contributed by atoms with Crippen molar-refractivity contribution in [1.82, 2.24) is 15.2 Å². The zero-order valence-corrected chi connectivity index (χ0v) is 15.6. The Balaban J connectivity index is 1.54. The molecule has 0 radical (unpaired) electrons. The Kier molecular flexibility index (Phi) is 6.73. The maximum absolute atomic E-state index is 12.7. The summed E-state index contributed by atoms with van der Waals surface area (Å²) in [5.74, 6) is 1.86. The van der Waals surface area contributed by atoms with Gasteiger partial charge in [-0.2, -0.15) is 11.8 Å². The summed E-state index contributed by atoms with van der Waals surface area (Å²) in [5.41, 5.74) is 2.15. The molecule has 0 saturated carbocycles. The number of nitrogens with one attached hydrogen (secondary N) is 1. The van der Waals surface area contributed by atoms with Gasteiger partial charge >= 0.3 is 0 Å². The quantitative estimate of drug-likeness (QED) is 0.784. The van der Waals surface area contributed by atoms with Gasteiger partial charge in [0.25, 0.3) is 0 Å². The van der Waals surface area contributed by atoms with Crippen LogP contribution in [0.5, 0.6) is 0 Å². The van der Waals surface area contributed by atoms with Gasteiger partial charge in [-0.1, -0.05) is 29.8 Å². The third-order valence-electron chi connectivity index (χ3n) is 4.23. The molecule has 1 amide bonds. The lowest BCUT2D eigenvalue weighted by atomic mass is 10.0. The van der Waals surface area contributed by atoms with Gasteiger partial charge in [-0.05, 0) is 29.8 Å². The second-order valence-corrected chi connectivity index (χ2v) is 7.53. The maximum atomic E-state index is 12.7. The van der Waals surface area contributed by atoms with E-state index in [1.807, 2.05) is 47.4 Å². The lowest BCUT2D eigenvalue weighted by Crippen LogP contribution is -2.48. The van der Waals surface area contributed by atoms with E-state index >= 15 is 0 Å². The van der Waals surface area contributed by atoms with Crippen molar-refractivity contribution in [2.75, 3.05) is 25.4 Å². The number of carbonyl (C=O) groups excluding carboxylic acids is 1. The van der Waals surface area contributed by atoms with Crippen molar-refractivity contribution in [2.45, 2.75) is 18.2 Å². The maximum Gasteiger partial charge on any atom is 0.224 e. The molecule has 1 fully saturated rings. The first-order valence-corrected chi connectivity index (χ1v) is 10.0. The summed E-state index contributed by atoms with van der Waals surface area (Å²) in [6.07, 6.45) is 2.35. The number of carbonyl (C=O) groups is 1. The Morgan fingerprint density at radius 3 is 3.04 bits per heavy atom. The molecular formula is C19H22ClN3OS. The number of thioether (sulfide) groups is 1. The van der Waals surface area contributed by atoms with Crippen LogP contribution in [0.1, 0.15) is 23.7 Å². The molecule has 0 spiro atoms. The van der Waals surface area contributed by atoms with Crippen molar-refractivity contribution >= 4 is 29.3 Å². The van der Waals surface area contributed by atoms with E-state index in [9.17, 15) is 4.79 Å². The number of halogens is 1. The van der Waals surface area contributed by atoms with Crippen LogP contribution >= 0.6 is 23.4 Å². The zero-order valence-electron chi connectivity index (χ0n) is 14.0. The number of aromatic nitrogens is 1. The van der Waals surface area contributed by atoms with Crippen molar-refractivity contribution in [3.8, 4) is 0 Å². The van der Waals surface area contributed by atoms with E-state index in [0.717, 1.165) is 42.4 Å². The van der Waals surface area contributed by atoms with Crippen LogP contribution in [-0.4, -0.2) is 41.2 Å². The fraction of sp³-hybridized carbons (Fsp3) is 0.368. The Morgan fingerprint density at radius 1 is 1.32 bits per heavy atom. The van der Waals surface area contributed by atoms with Gasteiger partial charge in [-0.3, -0.25) is 9.78 Å². The van der Waals surface area contributed by atoms with Crippen LogP contribution in [-0.2, 0) is 10.5 Å². The molecule has 2 heterocycles. The highest BCUT2D eigenvalue weighted by molar-refractivity contribution is 7.98. The van der Waals surface area contributed by atoms with E-state index in [2.05, 4.69) is 10.3 Å². The number of pyridine rings is 1. The molecular weight excluding hydrogens is 354 g/mol. The van der Waals surface area contributed by atoms with Crippen LogP contribution in [0.15, 0.2) is 48.7 Å². The van der Waals surface area contributed by atoms with Crippen molar-refractivity contribution in [3.63, 3.8) is 0 Å². The van der Waals surface area contributed by atoms with Gasteiger partial charge in [0.2, 0.25) is 5.91 Å². The molecule has 1 aromatic heterocycles. The van der Waals surface area contributed by atoms with E-state index in [1.165, 1.54) is 0 Å². The number of piperazine rings is 1. The van der Waals surface area contributed by atoms with Gasteiger partial charge < -0.3 is 10.2 Å². The number of amides is 1. The first kappa shape index (κ1) is 18.2. The highest BCUT2D eigenvalue weighted by atomic mass is 35.5. The average Bonchev–Trinajstić information content (AvgIpc) is 2.66. The zero-order chi connectivity index (χ0) is 17.5. The summed E-state index contributed by atoms with van der Waals surface area (Å²) >= 11 is 7.87. The normalized spacial score (nSPS) is 17.5. The Morgan fingerprint density at radius 2 is 2.24 bits per heavy atom. The SMILES string of the molecule is O=C(CCSCc1ccccn1)N1CCNCC1c1cccc(Cl)c1. The summed E-state index contributed by atoms with van der Waals surface area (Å²) in [4.78, 5) is 19.0. The molecule has 0 bridgehead atoms. The highest BCUT2D eigenvalue weighted by Crippen LogP contribution is 2.25. The molecule has 25 heavy (non-hydrogen) atoms. The molecule has 1 aromatic carbocycles. The van der Waals surface area contributed by atoms with Gasteiger partial charge in [0.15, 0.2) is 0 Å². The number of rotatable bonds is 6. The largest absolute Gasteiger partial charge is 0.333 e. The smallest absolute Gasteiger partial charge is 0.224 e. The van der Waals surface area contributed by atoms with E-state index in [1.54, 1.807) is 18.0 Å². The van der Waals surface area contributed by atoms with Gasteiger partial charge in [0.05, 0.1) is 11.7 Å². The van der Waals surface area contributed by atoms with Crippen molar-refractivity contribution < 1.29 is 4.79 Å². The van der Waals surface area contributed by atoms with Crippen molar-refractivity contribution in [2.24, 2.45) is 0 Å². The van der Waals surface area contributed by atoms with Crippen LogP contribution in [0.3, 0.4) is 0 Å². The van der Waals surface area contributed by atoms with Crippen molar-refractivity contribution in [1.29, 1.82) is 0 Å². The van der Waals surface area contributed by atoms with E-state index < -0.39 is 0 Å². The third kappa shape index (κ3) is 5.21. The molecule has 1 unspecified atom stereocenters. The van der Waals surface area contributed by atoms with Crippen LogP contribution < -0.4 is 5.32 Å². The number of nitrogens with zero attached hydrogens (tertiary/aromatic N) is 2. The van der Waals surface area contributed by atoms with Gasteiger partial charge in [-0.15, -0.1) is 0 Å². The lowest BCUT2D eigenvalue weighted by molar-refractivity contribution is -0.134. The van der Waals surface area contributed by atoms with Gasteiger partial charge in [0, 0.05) is 48.8 Å². The summed E-state index contributed by atoms with van der Waals surface area (Å²) in [6.45, 7) is 2.35. The average molecular weight is 376 g/mol. The van der Waals surface area contributed by atoms with Crippen molar-refractivity contribution in [3.05, 3.63) is 64.9 Å². The fourth-order valence-corrected chi connectivity index (χ4v) is 4.02. The second kappa shape index (κ2) is 9.22. The Hall–Kier alpha value is -1.56. The predicted molar refractivity (Wildman–Crippen MR) is 104 cm³/mol. The Bertz CT molecular complexity index is 698. The summed E-state index contributed by atoms with van der Waals surface area (Å²) < 4.78 is 0. The topological polar surface area (TPSA) is 45.2 Å². The summed E-state index contributed by atoms with van der Waals surface area (Å²) in [7, 11) is 0. The molecule has 6 heteroatoms. The van der Waals surface area contributed by atoms with Crippen LogP contribution in [0.2, 0.25) is 5.02 Å². The first-order chi connectivity index (χ1) is 12.2. The molecule has 1 aliphatic heterocycles.